The zero-order valence-corrected chi connectivity index (χ0v) is 18.2. The number of hydrogen-bond acceptors (Lipinski definition) is 6. The molecule has 0 N–H and O–H groups in total. The molecule has 2 heterocycles. The van der Waals surface area contributed by atoms with Crippen molar-refractivity contribution in [2.75, 3.05) is 14.2 Å². The molecule has 0 atom stereocenters. The summed E-state index contributed by atoms with van der Waals surface area (Å²) < 4.78 is 11.3. The maximum absolute atomic E-state index is 13.1. The number of hydrogen-bond donors (Lipinski definition) is 0. The molecule has 0 bridgehead atoms. The van der Waals surface area contributed by atoms with Crippen LogP contribution in [0.4, 0.5) is 0 Å². The molecule has 0 saturated heterocycles. The van der Waals surface area contributed by atoms with Crippen LogP contribution in [0.3, 0.4) is 0 Å². The molecule has 2 aromatic carbocycles. The Morgan fingerprint density at radius 1 is 0.750 bits per heavy atom. The molecule has 7 heteroatoms. The van der Waals surface area contributed by atoms with E-state index >= 15 is 0 Å². The SMILES string of the molecule is COC(=O)c1c(SC(=O)c2ccc(-c3ccccc3)cc2)c2ccccn2c1C(=O)OC. The first-order chi connectivity index (χ1) is 15.5. The number of nitrogens with zero attached hydrogens (tertiary/aromatic N) is 1. The predicted octanol–water partition coefficient (Wildman–Crippen LogP) is 5.11. The number of pyridine rings is 1. The maximum atomic E-state index is 13.1. The van der Waals surface area contributed by atoms with Crippen molar-refractivity contribution in [2.24, 2.45) is 0 Å². The molecule has 0 amide bonds. The largest absolute Gasteiger partial charge is 0.465 e. The monoisotopic (exact) mass is 445 g/mol. The van der Waals surface area contributed by atoms with Crippen molar-refractivity contribution in [3.8, 4) is 11.1 Å². The van der Waals surface area contributed by atoms with Crippen molar-refractivity contribution in [2.45, 2.75) is 4.90 Å². The van der Waals surface area contributed by atoms with Gasteiger partial charge in [-0.25, -0.2) is 9.59 Å². The van der Waals surface area contributed by atoms with Gasteiger partial charge in [0, 0.05) is 11.8 Å². The number of thioether (sulfide) groups is 1. The van der Waals surface area contributed by atoms with Gasteiger partial charge in [-0.15, -0.1) is 0 Å². The highest BCUT2D eigenvalue weighted by Crippen LogP contribution is 2.36. The predicted molar refractivity (Wildman–Crippen MR) is 122 cm³/mol. The van der Waals surface area contributed by atoms with Crippen LogP contribution in [0.1, 0.15) is 31.2 Å². The molecule has 6 nitrogen and oxygen atoms in total. The molecular formula is C25H19NO5S. The topological polar surface area (TPSA) is 74.1 Å². The first kappa shape index (κ1) is 21.4. The highest BCUT2D eigenvalue weighted by molar-refractivity contribution is 8.14. The minimum absolute atomic E-state index is 0.00445. The third kappa shape index (κ3) is 3.90. The highest BCUT2D eigenvalue weighted by atomic mass is 32.2. The summed E-state index contributed by atoms with van der Waals surface area (Å²) >= 11 is 0.879. The van der Waals surface area contributed by atoms with E-state index < -0.39 is 11.9 Å². The molecule has 32 heavy (non-hydrogen) atoms. The molecule has 2 aromatic heterocycles. The number of carbonyl (C=O) groups excluding carboxylic acids is 3. The number of benzene rings is 2. The molecule has 4 aromatic rings. The summed E-state index contributed by atoms with van der Waals surface area (Å²) in [6.45, 7) is 0. The van der Waals surface area contributed by atoms with Crippen molar-refractivity contribution in [1.29, 1.82) is 0 Å². The van der Waals surface area contributed by atoms with Crippen LogP contribution in [0.2, 0.25) is 0 Å². The Kier molecular flexibility index (Phi) is 6.09. The third-order valence-corrected chi connectivity index (χ3v) is 6.03. The van der Waals surface area contributed by atoms with E-state index in [1.165, 1.54) is 18.6 Å². The summed E-state index contributed by atoms with van der Waals surface area (Å²) in [6.07, 6.45) is 1.64. The van der Waals surface area contributed by atoms with Gasteiger partial charge in [0.1, 0.15) is 11.3 Å². The van der Waals surface area contributed by atoms with Gasteiger partial charge >= 0.3 is 11.9 Å². The maximum Gasteiger partial charge on any atom is 0.355 e. The fraction of sp³-hybridized carbons (Fsp3) is 0.0800. The standard InChI is InChI=1S/C25H19NO5S/c1-30-23(27)20-21(24(28)31-2)26-15-7-6-10-19(26)22(20)32-25(29)18-13-11-17(12-14-18)16-8-4-3-5-9-16/h3-15H,1-2H3. The number of methoxy groups -OCH3 is 2. The Labute approximate surface area is 188 Å². The molecule has 0 aliphatic carbocycles. The van der Waals surface area contributed by atoms with E-state index in [-0.39, 0.29) is 16.4 Å². The van der Waals surface area contributed by atoms with Crippen LogP contribution in [-0.2, 0) is 9.47 Å². The number of aromatic nitrogens is 1. The molecule has 0 spiro atoms. The van der Waals surface area contributed by atoms with Gasteiger partial charge in [-0.2, -0.15) is 0 Å². The summed E-state index contributed by atoms with van der Waals surface area (Å²) in [5.74, 6) is -1.41. The van der Waals surface area contributed by atoms with Gasteiger partial charge in [0.25, 0.3) is 0 Å². The number of ether oxygens (including phenoxy) is 2. The first-order valence-corrected chi connectivity index (χ1v) is 10.5. The van der Waals surface area contributed by atoms with Crippen molar-refractivity contribution in [3.05, 3.63) is 95.8 Å². The van der Waals surface area contributed by atoms with Gasteiger partial charge in [0.2, 0.25) is 5.12 Å². The Balaban J connectivity index is 1.75. The quantitative estimate of drug-likeness (QED) is 0.314. The van der Waals surface area contributed by atoms with Crippen molar-refractivity contribution >= 4 is 34.3 Å². The van der Waals surface area contributed by atoms with E-state index in [9.17, 15) is 14.4 Å². The lowest BCUT2D eigenvalue weighted by molar-refractivity contribution is 0.0548. The van der Waals surface area contributed by atoms with E-state index in [0.717, 1.165) is 22.9 Å². The fourth-order valence-corrected chi connectivity index (χ4v) is 4.44. The van der Waals surface area contributed by atoms with E-state index in [1.54, 1.807) is 36.5 Å². The Morgan fingerprint density at radius 3 is 2.03 bits per heavy atom. The molecule has 0 fully saturated rings. The van der Waals surface area contributed by atoms with Crippen molar-refractivity contribution < 1.29 is 23.9 Å². The summed E-state index contributed by atoms with van der Waals surface area (Å²) in [6, 6.07) is 22.3. The Morgan fingerprint density at radius 2 is 1.38 bits per heavy atom. The van der Waals surface area contributed by atoms with Gasteiger partial charge < -0.3 is 13.9 Å². The van der Waals surface area contributed by atoms with Crippen LogP contribution in [0.15, 0.2) is 83.9 Å². The van der Waals surface area contributed by atoms with Crippen LogP contribution < -0.4 is 0 Å². The van der Waals surface area contributed by atoms with Gasteiger partial charge in [-0.3, -0.25) is 4.79 Å². The number of rotatable bonds is 5. The first-order valence-electron chi connectivity index (χ1n) is 9.72. The van der Waals surface area contributed by atoms with Crippen molar-refractivity contribution in [1.82, 2.24) is 4.40 Å². The average molecular weight is 445 g/mol. The van der Waals surface area contributed by atoms with Crippen LogP contribution in [-0.4, -0.2) is 35.7 Å². The smallest absolute Gasteiger partial charge is 0.355 e. The van der Waals surface area contributed by atoms with Crippen LogP contribution in [0, 0.1) is 0 Å². The van der Waals surface area contributed by atoms with E-state index in [4.69, 9.17) is 9.47 Å². The average Bonchev–Trinajstić information content (AvgIpc) is 3.17. The lowest BCUT2D eigenvalue weighted by Crippen LogP contribution is -2.13. The molecule has 0 aliphatic rings. The lowest BCUT2D eigenvalue weighted by atomic mass is 10.0. The minimum atomic E-state index is -0.719. The van der Waals surface area contributed by atoms with Gasteiger partial charge in [0.15, 0.2) is 0 Å². The summed E-state index contributed by atoms with van der Waals surface area (Å²) in [7, 11) is 2.46. The molecule has 0 radical (unpaired) electrons. The van der Waals surface area contributed by atoms with Crippen LogP contribution in [0.25, 0.3) is 16.6 Å². The molecular weight excluding hydrogens is 426 g/mol. The lowest BCUT2D eigenvalue weighted by Gasteiger charge is -2.06. The van der Waals surface area contributed by atoms with Crippen molar-refractivity contribution in [3.63, 3.8) is 0 Å². The molecule has 0 aliphatic heterocycles. The highest BCUT2D eigenvalue weighted by Gasteiger charge is 2.31. The van der Waals surface area contributed by atoms with Crippen LogP contribution >= 0.6 is 11.8 Å². The second-order valence-electron chi connectivity index (χ2n) is 6.82. The summed E-state index contributed by atoms with van der Waals surface area (Å²) in [5.41, 5.74) is 3.07. The normalized spacial score (nSPS) is 10.7. The minimum Gasteiger partial charge on any atom is -0.465 e. The molecule has 0 unspecified atom stereocenters. The van der Waals surface area contributed by atoms with E-state index in [0.29, 0.717) is 16.0 Å². The third-order valence-electron chi connectivity index (χ3n) is 4.99. The zero-order valence-electron chi connectivity index (χ0n) is 17.4. The summed E-state index contributed by atoms with van der Waals surface area (Å²) in [4.78, 5) is 38.5. The Hall–Kier alpha value is -3.84. The molecule has 160 valence electrons. The summed E-state index contributed by atoms with van der Waals surface area (Å²) in [5, 5.41) is -0.262. The van der Waals surface area contributed by atoms with Crippen LogP contribution in [0.5, 0.6) is 0 Å². The number of carbonyl (C=O) groups is 3. The Bertz CT molecular complexity index is 1310. The van der Waals surface area contributed by atoms with Gasteiger partial charge in [-0.05, 0) is 47.2 Å². The van der Waals surface area contributed by atoms with Gasteiger partial charge in [0.05, 0.1) is 24.6 Å². The molecule has 0 saturated carbocycles. The number of esters is 2. The number of fused-ring (bicyclic) bond motifs is 1. The fourth-order valence-electron chi connectivity index (χ4n) is 3.45. The second-order valence-corrected chi connectivity index (χ2v) is 7.81. The van der Waals surface area contributed by atoms with E-state index in [2.05, 4.69) is 0 Å². The second kappa shape index (κ2) is 9.11. The van der Waals surface area contributed by atoms with Gasteiger partial charge in [-0.1, -0.05) is 48.5 Å². The molecule has 4 rings (SSSR count). The zero-order chi connectivity index (χ0) is 22.7. The van der Waals surface area contributed by atoms with E-state index in [1.807, 2.05) is 42.5 Å².